The van der Waals surface area contributed by atoms with E-state index in [1.165, 1.54) is 161 Å². The van der Waals surface area contributed by atoms with Crippen molar-refractivity contribution in [1.82, 2.24) is 0 Å². The lowest BCUT2D eigenvalue weighted by Gasteiger charge is -2.62. The Morgan fingerprint density at radius 3 is 1.08 bits per heavy atom. The van der Waals surface area contributed by atoms with Crippen molar-refractivity contribution in [2.24, 2.45) is 151 Å². The standard InChI is InChI=1S/2C19H32O2.2C18H30O2.C17H28O2/c1-6-17(2,3)16(20)21-18(4,5)19-10-13-7-14(11-19)9-15(8-13)12-19;1-6-18(4,5)17(20)21-19(12(2)3)15-8-13-7-14(10-15)11-16(19)9-13;1-5-17(3,4)16(19)20-18(6-2)14-8-12-7-13(10-14)11-15(18)9-12;1-5-17(3,4)16(19)20-18(6-2)11-12-10-15(18)14-9-7-8-13(12)14;1-5-16(2,3)15(18)19-17(4)13-7-11-6-12(9-13)10-14(17)8-11/h13-15H,6-12H2,1-5H3;12-16H,6-11H2,1-5H3;2*12-15H,5-11H2,1-4H3;11-14H,5-10H2,1-4H3. The molecule has 0 amide bonds. The van der Waals surface area contributed by atoms with Crippen LogP contribution in [0.4, 0.5) is 0 Å². The Labute approximate surface area is 617 Å². The van der Waals surface area contributed by atoms with E-state index in [0.29, 0.717) is 47.3 Å². The highest BCUT2D eigenvalue weighted by Crippen LogP contribution is 2.68. The van der Waals surface area contributed by atoms with Gasteiger partial charge in [0.05, 0.1) is 27.1 Å². The minimum Gasteiger partial charge on any atom is -0.459 e. The molecule has 5 atom stereocenters. The van der Waals surface area contributed by atoms with Crippen molar-refractivity contribution in [2.75, 3.05) is 0 Å². The molecule has 19 aliphatic rings. The molecule has 10 heteroatoms. The lowest BCUT2D eigenvalue weighted by atomic mass is 9.46. The van der Waals surface area contributed by atoms with Gasteiger partial charge >= 0.3 is 29.8 Å². The molecule has 19 fully saturated rings. The van der Waals surface area contributed by atoms with Crippen LogP contribution in [0, 0.1) is 151 Å². The van der Waals surface area contributed by atoms with Crippen molar-refractivity contribution in [3.63, 3.8) is 0 Å². The fourth-order valence-electron chi connectivity index (χ4n) is 26.4. The quantitative estimate of drug-likeness (QED) is 0.0910. The van der Waals surface area contributed by atoms with Crippen molar-refractivity contribution < 1.29 is 47.7 Å². The summed E-state index contributed by atoms with van der Waals surface area (Å²) in [5, 5.41) is 0. The summed E-state index contributed by atoms with van der Waals surface area (Å²) in [6, 6.07) is 0. The molecule has 0 aromatic carbocycles. The normalized spacial score (nSPS) is 42.0. The van der Waals surface area contributed by atoms with Gasteiger partial charge in [-0.2, -0.15) is 0 Å². The smallest absolute Gasteiger partial charge is 0.312 e. The van der Waals surface area contributed by atoms with Crippen LogP contribution in [0.5, 0.6) is 0 Å². The van der Waals surface area contributed by atoms with Gasteiger partial charge in [-0.3, -0.25) is 24.0 Å². The maximum atomic E-state index is 12.8. The van der Waals surface area contributed by atoms with Gasteiger partial charge in [-0.25, -0.2) is 0 Å². The second kappa shape index (κ2) is 29.1. The van der Waals surface area contributed by atoms with E-state index >= 15 is 0 Å². The second-order valence-corrected chi connectivity index (χ2v) is 42.7. The van der Waals surface area contributed by atoms with Gasteiger partial charge in [-0.1, -0.05) is 68.7 Å². The average molecular weight is 1410 g/mol. The summed E-state index contributed by atoms with van der Waals surface area (Å²) in [7, 11) is 0. The first kappa shape index (κ1) is 79.4. The molecule has 19 aliphatic carbocycles. The molecule has 19 saturated carbocycles. The summed E-state index contributed by atoms with van der Waals surface area (Å²) in [5.41, 5.74) is -2.37. The zero-order valence-electron chi connectivity index (χ0n) is 69.0. The molecule has 19 rings (SSSR count). The van der Waals surface area contributed by atoms with Crippen LogP contribution in [0.15, 0.2) is 0 Å². The van der Waals surface area contributed by atoms with Gasteiger partial charge in [-0.15, -0.1) is 0 Å². The Balaban J connectivity index is 0.000000127. The van der Waals surface area contributed by atoms with Crippen LogP contribution in [0.25, 0.3) is 0 Å². The Bertz CT molecular complexity index is 2810. The van der Waals surface area contributed by atoms with Gasteiger partial charge in [0.25, 0.3) is 0 Å². The van der Waals surface area contributed by atoms with Gasteiger partial charge < -0.3 is 23.7 Å². The number of ether oxygens (including phenoxy) is 5. The van der Waals surface area contributed by atoms with E-state index in [1.54, 1.807) is 0 Å². The van der Waals surface area contributed by atoms with Crippen molar-refractivity contribution in [3.05, 3.63) is 0 Å². The zero-order valence-corrected chi connectivity index (χ0v) is 69.0. The maximum absolute atomic E-state index is 12.8. The van der Waals surface area contributed by atoms with Crippen molar-refractivity contribution in [3.8, 4) is 0 Å². The van der Waals surface area contributed by atoms with E-state index < -0.39 is 0 Å². The predicted molar refractivity (Wildman–Crippen MR) is 406 cm³/mol. The number of hydrogen-bond acceptors (Lipinski definition) is 10. The second-order valence-electron chi connectivity index (χ2n) is 42.7. The maximum Gasteiger partial charge on any atom is 0.312 e. The topological polar surface area (TPSA) is 132 Å². The zero-order chi connectivity index (χ0) is 73.8. The highest BCUT2D eigenvalue weighted by molar-refractivity contribution is 5.78. The minimum absolute atomic E-state index is 0.00857. The molecule has 0 N–H and O–H groups in total. The highest BCUT2D eigenvalue weighted by Gasteiger charge is 2.66. The fourth-order valence-corrected chi connectivity index (χ4v) is 26.4. The van der Waals surface area contributed by atoms with E-state index in [2.05, 4.69) is 83.1 Å². The SMILES string of the molecule is CCC(C)(C)C(=O)OC(C)(C)C12CC3CC(CC(C3)C1)C2.CCC(C)(C)C(=O)OC1(C(C)C)C2CC3CC(C2)CC1C3.CCC(C)(C)C(=O)OC1(C)C2CC3CC(C2)CC1C3.CCC(C)(C)C(=O)OC1(CC)C2CC3CC(C2)CC1C3.CCC(C)(C)C(=O)OC1(CC)CC2CC1C1CCCC21. The molecule has 0 aliphatic heterocycles. The molecule has 18 bridgehead atoms. The molecule has 0 saturated heterocycles. The van der Waals surface area contributed by atoms with Gasteiger partial charge in [0.2, 0.25) is 0 Å². The Kier molecular flexibility index (Phi) is 22.8. The molecule has 101 heavy (non-hydrogen) atoms. The van der Waals surface area contributed by atoms with Gasteiger partial charge in [0.1, 0.15) is 28.0 Å². The lowest BCUT2D eigenvalue weighted by Crippen LogP contribution is -2.63. The summed E-state index contributed by atoms with van der Waals surface area (Å²) in [5.74, 6) is 15.8. The van der Waals surface area contributed by atoms with Crippen molar-refractivity contribution >= 4 is 29.8 Å². The van der Waals surface area contributed by atoms with E-state index in [4.69, 9.17) is 23.7 Å². The average Bonchev–Trinajstić information content (AvgIpc) is 1.38. The number of esters is 5. The predicted octanol–water partition coefficient (Wildman–Crippen LogP) is 23.1. The molecule has 0 heterocycles. The lowest BCUT2D eigenvalue weighted by molar-refractivity contribution is -0.231. The van der Waals surface area contributed by atoms with Gasteiger partial charge in [0, 0.05) is 11.3 Å². The monoisotopic (exact) mass is 1410 g/mol. The Morgan fingerprint density at radius 1 is 0.366 bits per heavy atom. The summed E-state index contributed by atoms with van der Waals surface area (Å²) in [6.07, 6.45) is 41.0. The van der Waals surface area contributed by atoms with Crippen LogP contribution in [0.3, 0.4) is 0 Å². The van der Waals surface area contributed by atoms with E-state index in [0.717, 1.165) is 122 Å². The van der Waals surface area contributed by atoms with Crippen LogP contribution in [0.2, 0.25) is 0 Å². The Morgan fingerprint density at radius 2 is 0.703 bits per heavy atom. The molecule has 576 valence electrons. The molecular weight excluding hydrogens is 1250 g/mol. The number of hydrogen-bond donors (Lipinski definition) is 0. The third-order valence-electron chi connectivity index (χ3n) is 34.3. The minimum atomic E-state index is -0.362. The van der Waals surface area contributed by atoms with Crippen LogP contribution in [-0.2, 0) is 47.7 Å². The van der Waals surface area contributed by atoms with Crippen LogP contribution in [-0.4, -0.2) is 57.9 Å². The largest absolute Gasteiger partial charge is 0.459 e. The summed E-state index contributed by atoms with van der Waals surface area (Å²) in [6.45, 7) is 46.1. The summed E-state index contributed by atoms with van der Waals surface area (Å²) < 4.78 is 31.2. The molecule has 0 aromatic rings. The first-order chi connectivity index (χ1) is 47.2. The van der Waals surface area contributed by atoms with Crippen LogP contribution >= 0.6 is 0 Å². The van der Waals surface area contributed by atoms with Crippen molar-refractivity contribution in [2.45, 2.75) is 392 Å². The number of rotatable bonds is 19. The van der Waals surface area contributed by atoms with Crippen LogP contribution < -0.4 is 0 Å². The molecule has 0 radical (unpaired) electrons. The number of carbonyl (C=O) groups excluding carboxylic acids is 5. The third-order valence-corrected chi connectivity index (χ3v) is 34.3. The summed E-state index contributed by atoms with van der Waals surface area (Å²) in [4.78, 5) is 63.0. The molecular formula is C91H152O10. The van der Waals surface area contributed by atoms with Gasteiger partial charge in [-0.05, 0) is 408 Å². The van der Waals surface area contributed by atoms with Crippen LogP contribution in [0.1, 0.15) is 364 Å². The molecule has 0 spiro atoms. The number of fused-ring (bicyclic) bond motifs is 5. The highest BCUT2D eigenvalue weighted by atomic mass is 16.6. The molecule has 0 aromatic heterocycles. The van der Waals surface area contributed by atoms with Crippen molar-refractivity contribution in [1.29, 1.82) is 0 Å². The molecule has 5 unspecified atom stereocenters. The Hall–Kier alpha value is -2.65. The van der Waals surface area contributed by atoms with E-state index in [9.17, 15) is 24.0 Å². The summed E-state index contributed by atoms with van der Waals surface area (Å²) >= 11 is 0. The third kappa shape index (κ3) is 14.8. The first-order valence-corrected chi connectivity index (χ1v) is 43.3. The first-order valence-electron chi connectivity index (χ1n) is 43.3. The molecule has 10 nitrogen and oxygen atoms in total. The fraction of sp³-hybridized carbons (Fsp3) is 0.945. The number of carbonyl (C=O) groups is 5. The van der Waals surface area contributed by atoms with E-state index in [1.807, 2.05) is 69.2 Å². The van der Waals surface area contributed by atoms with Gasteiger partial charge in [0.15, 0.2) is 0 Å². The van der Waals surface area contributed by atoms with E-state index in [-0.39, 0.29) is 90.3 Å².